The average Bonchev–Trinajstić information content (AvgIpc) is 2.69. The Hall–Kier alpha value is -2.11. The lowest BCUT2D eigenvalue weighted by Crippen LogP contribution is -2.84. The molecule has 2 aliphatic rings. The minimum Gasteiger partial charge on any atom is -0.493 e. The maximum Gasteiger partial charge on any atom is 0.453 e. The number of carbonyl (C=O) groups excluding carboxylic acids is 1. The molecule has 0 amide bonds. The Balaban J connectivity index is 2.13. The minimum atomic E-state index is -5.05. The molecule has 1 aromatic rings. The molecule has 2 aliphatic heterocycles. The van der Waals surface area contributed by atoms with Crippen molar-refractivity contribution in [3.05, 3.63) is 23.3 Å². The molecule has 0 radical (unpaired) electrons. The monoisotopic (exact) mass is 541 g/mol. The van der Waals surface area contributed by atoms with Crippen molar-refractivity contribution in [3.8, 4) is 11.5 Å². The minimum absolute atomic E-state index is 0.0453. The zero-order valence-corrected chi connectivity index (χ0v) is 18.9. The third kappa shape index (κ3) is 4.57. The van der Waals surface area contributed by atoms with Crippen LogP contribution in [0, 0.1) is 5.92 Å². The van der Waals surface area contributed by atoms with Gasteiger partial charge in [0.1, 0.15) is 11.7 Å². The fourth-order valence-corrected chi connectivity index (χ4v) is 4.82. The Labute approximate surface area is 205 Å². The molecule has 18 nitrogen and oxygen atoms in total. The van der Waals surface area contributed by atoms with Crippen LogP contribution in [0.2, 0.25) is 0 Å². The maximum absolute atomic E-state index is 13.0. The summed E-state index contributed by atoms with van der Waals surface area (Å²) >= 11 is 0. The van der Waals surface area contributed by atoms with E-state index < -0.39 is 65.3 Å². The van der Waals surface area contributed by atoms with Gasteiger partial charge in [-0.1, -0.05) is 0 Å². The van der Waals surface area contributed by atoms with E-state index in [1.807, 2.05) is 0 Å². The summed E-state index contributed by atoms with van der Waals surface area (Å²) in [4.78, 5) is 13.6. The van der Waals surface area contributed by atoms with Crippen molar-refractivity contribution in [2.45, 2.75) is 54.3 Å². The third-order valence-corrected chi connectivity index (χ3v) is 6.46. The molecule has 2 atom stereocenters. The van der Waals surface area contributed by atoms with E-state index in [1.165, 1.54) is 13.2 Å². The Morgan fingerprint density at radius 1 is 0.892 bits per heavy atom. The molecular weight excluding hydrogens is 514 g/mol. The van der Waals surface area contributed by atoms with Crippen LogP contribution >= 0.6 is 0 Å². The lowest BCUT2D eigenvalue weighted by molar-refractivity contribution is -0.553. The van der Waals surface area contributed by atoms with Gasteiger partial charge < -0.3 is 81.0 Å². The van der Waals surface area contributed by atoms with Gasteiger partial charge in [0.25, 0.3) is 5.60 Å². The highest BCUT2D eigenvalue weighted by Crippen LogP contribution is 2.51. The first-order chi connectivity index (χ1) is 16.5. The predicted octanol–water partition coefficient (Wildman–Crippen LogP) is -7.54. The molecule has 210 valence electrons. The zero-order chi connectivity index (χ0) is 28.6. The van der Waals surface area contributed by atoms with Crippen LogP contribution < -0.4 is 9.47 Å². The van der Waals surface area contributed by atoms with Crippen LogP contribution in [0.5, 0.6) is 11.5 Å². The van der Waals surface area contributed by atoms with E-state index >= 15 is 0 Å². The number of piperidine rings is 1. The van der Waals surface area contributed by atoms with Crippen molar-refractivity contribution in [1.29, 1.82) is 0 Å². The Bertz CT molecular complexity index is 1040. The highest BCUT2D eigenvalue weighted by molar-refractivity contribution is 5.85. The lowest BCUT2D eigenvalue weighted by Gasteiger charge is -2.56. The number of carbonyl (C=O) groups is 1. The van der Waals surface area contributed by atoms with E-state index in [9.17, 15) is 76.3 Å². The van der Waals surface area contributed by atoms with E-state index in [1.54, 1.807) is 0 Å². The molecule has 2 heterocycles. The first-order valence-corrected chi connectivity index (χ1v) is 10.3. The summed E-state index contributed by atoms with van der Waals surface area (Å²) in [5.41, 5.74) is -4.61. The molecule has 1 fully saturated rings. The van der Waals surface area contributed by atoms with Crippen LogP contribution in [0.15, 0.2) is 12.1 Å². The Kier molecular flexibility index (Phi) is 6.93. The van der Waals surface area contributed by atoms with Gasteiger partial charge in [0.2, 0.25) is 11.7 Å². The molecule has 3 rings (SSSR count). The number of aliphatic hydroxyl groups is 14. The smallest absolute Gasteiger partial charge is 0.453 e. The summed E-state index contributed by atoms with van der Waals surface area (Å²) in [5.74, 6) is -23.8. The van der Waals surface area contributed by atoms with Crippen LogP contribution in [0.3, 0.4) is 0 Å². The van der Waals surface area contributed by atoms with Gasteiger partial charge >= 0.3 is 18.1 Å². The summed E-state index contributed by atoms with van der Waals surface area (Å²) in [7, 11) is 1.18. The Morgan fingerprint density at radius 2 is 1.43 bits per heavy atom. The second-order valence-electron chi connectivity index (χ2n) is 8.84. The van der Waals surface area contributed by atoms with Crippen molar-refractivity contribution in [2.24, 2.45) is 5.92 Å². The van der Waals surface area contributed by atoms with E-state index in [0.29, 0.717) is 10.5 Å². The number of rotatable bonds is 7. The number of hydrogen-bond acceptors (Lipinski definition) is 18. The summed E-state index contributed by atoms with van der Waals surface area (Å²) in [6.07, 6.45) is -4.65. The van der Waals surface area contributed by atoms with Crippen molar-refractivity contribution >= 4 is 5.78 Å². The van der Waals surface area contributed by atoms with E-state index in [-0.39, 0.29) is 24.3 Å². The van der Waals surface area contributed by atoms with Gasteiger partial charge in [-0.05, 0) is 29.7 Å². The number of hydrogen-bond donors (Lipinski definition) is 14. The topological polar surface area (TPSA) is 322 Å². The highest BCUT2D eigenvalue weighted by Gasteiger charge is 2.79. The van der Waals surface area contributed by atoms with Gasteiger partial charge in [-0.25, -0.2) is 4.90 Å². The first kappa shape index (κ1) is 29.4. The van der Waals surface area contributed by atoms with E-state index in [4.69, 9.17) is 4.74 Å². The summed E-state index contributed by atoms with van der Waals surface area (Å²) in [5, 5.41) is 137. The summed E-state index contributed by atoms with van der Waals surface area (Å²) < 4.78 is 9.62. The maximum atomic E-state index is 13.0. The van der Waals surface area contributed by atoms with Crippen molar-refractivity contribution in [3.63, 3.8) is 0 Å². The first-order valence-electron chi connectivity index (χ1n) is 10.3. The zero-order valence-electron chi connectivity index (χ0n) is 18.9. The molecule has 2 unspecified atom stereocenters. The molecule has 37 heavy (non-hydrogen) atoms. The van der Waals surface area contributed by atoms with Crippen molar-refractivity contribution in [2.75, 3.05) is 13.7 Å². The van der Waals surface area contributed by atoms with E-state index in [2.05, 4.69) is 4.74 Å². The van der Waals surface area contributed by atoms with Gasteiger partial charge in [0.15, 0.2) is 11.5 Å². The lowest BCUT2D eigenvalue weighted by atomic mass is 9.70. The standard InChI is InChI=1S/C19H27NO17/c1-36-11-4-7-2-3-20-9(8(7)5-12(11)37-19(33,34)35)6-10(21)13(15(20,24)25)14(22,23)16(26,17(27,28)29)18(30,31)32/h4-5,9,13,22-35H,2-3,6H2,1H3. The molecule has 14 N–H and O–H groups in total. The number of Topliss-reactive ketones (excluding diaryl/α,β-unsaturated/α-hetero) is 1. The fourth-order valence-electron chi connectivity index (χ4n) is 4.82. The van der Waals surface area contributed by atoms with Gasteiger partial charge in [0, 0.05) is 19.0 Å². The molecule has 0 aliphatic carbocycles. The number of fused-ring (bicyclic) bond motifs is 3. The number of ether oxygens (including phenoxy) is 2. The summed E-state index contributed by atoms with van der Waals surface area (Å²) in [6.45, 7) is -0.388. The molecule has 1 saturated heterocycles. The van der Waals surface area contributed by atoms with Gasteiger partial charge in [0.05, 0.1) is 7.11 Å². The summed E-state index contributed by atoms with van der Waals surface area (Å²) in [6, 6.07) is 0.972. The second-order valence-corrected chi connectivity index (χ2v) is 8.84. The third-order valence-electron chi connectivity index (χ3n) is 6.46. The molecule has 18 heteroatoms. The predicted molar refractivity (Wildman–Crippen MR) is 107 cm³/mol. The number of methoxy groups -OCH3 is 1. The number of nitrogens with zero attached hydrogens (tertiary/aromatic N) is 1. The second kappa shape index (κ2) is 8.71. The van der Waals surface area contributed by atoms with Crippen LogP contribution in [0.1, 0.15) is 23.6 Å². The van der Waals surface area contributed by atoms with Gasteiger partial charge in [-0.15, -0.1) is 0 Å². The molecule has 0 bridgehead atoms. The van der Waals surface area contributed by atoms with Crippen molar-refractivity contribution in [1.82, 2.24) is 4.90 Å². The molecule has 1 aromatic carbocycles. The van der Waals surface area contributed by atoms with Gasteiger partial charge in [-0.2, -0.15) is 0 Å². The average molecular weight is 541 g/mol. The van der Waals surface area contributed by atoms with Gasteiger partial charge in [-0.3, -0.25) is 4.79 Å². The SMILES string of the molecule is COc1cc2c(cc1OC(O)(O)O)C1CC(=O)C(C(O)(O)C(O)(C(O)(O)O)C(O)(O)O)C(O)(O)N1CC2. The van der Waals surface area contributed by atoms with Crippen LogP contribution in [-0.4, -0.2) is 131 Å². The molecule has 0 spiro atoms. The highest BCUT2D eigenvalue weighted by atomic mass is 16.9. The van der Waals surface area contributed by atoms with Crippen LogP contribution in [0.4, 0.5) is 0 Å². The largest absolute Gasteiger partial charge is 0.493 e. The fraction of sp³-hybridized carbons (Fsp3) is 0.632. The quantitative estimate of drug-likeness (QED) is 0.142. The Morgan fingerprint density at radius 3 is 1.89 bits per heavy atom. The van der Waals surface area contributed by atoms with Crippen LogP contribution in [0.25, 0.3) is 0 Å². The van der Waals surface area contributed by atoms with E-state index in [0.717, 1.165) is 6.07 Å². The molecule has 0 aromatic heterocycles. The molecular formula is C19H27NO17. The van der Waals surface area contributed by atoms with Crippen molar-refractivity contribution < 1.29 is 85.8 Å². The normalized spacial score (nSPS) is 23.4. The number of ketones is 1. The molecule has 0 saturated carbocycles. The van der Waals surface area contributed by atoms with Crippen LogP contribution in [-0.2, 0) is 11.2 Å². The number of benzene rings is 1.